The van der Waals surface area contributed by atoms with Crippen molar-refractivity contribution in [3.05, 3.63) is 197 Å². The second-order valence-corrected chi connectivity index (χ2v) is 30.4. The highest BCUT2D eigenvalue weighted by Crippen LogP contribution is 2.47. The van der Waals surface area contributed by atoms with Crippen molar-refractivity contribution >= 4 is 81.5 Å². The number of nitrogens with one attached hydrogen (secondary N) is 7. The number of amides is 1. The number of halogens is 1. The highest BCUT2D eigenvalue weighted by Gasteiger charge is 2.45. The number of rotatable bonds is 16. The topological polar surface area (TPSA) is 387 Å². The van der Waals surface area contributed by atoms with Gasteiger partial charge < -0.3 is 100 Å². The number of carboxylic acid groups (broad SMARTS) is 1. The molecule has 2 saturated carbocycles. The summed E-state index contributed by atoms with van der Waals surface area (Å²) in [4.78, 5) is 81.4. The zero-order chi connectivity index (χ0) is 83.8. The van der Waals surface area contributed by atoms with Crippen LogP contribution in [0, 0.1) is 10.8 Å². The highest BCUT2D eigenvalue weighted by molar-refractivity contribution is 6.68. The standard InChI is InChI=1S/C32H39N7O4.C23H22ClN5O4.C23H23N5O5.C9H18N2/c1-3-41-31-37-29-33-17-23-6-9-25(10-7-23)42-18-22(2)19-43-27-16-24(35-30(36-29)38-31)8-11-26(27)28(40)34-20-32(12-13-32)21-39-14-4-5-15-39;1-3-31-23-28-21-25-11-15-4-7-17(8-5-15)32-12-14(2)13-33-19-10-16(26-22(27-21)29-23)6-9-18(19)20(24)30;1-3-31-23-27-21-24-11-15-4-7-17(8-5-15)32-12-14(2)13-33-19-10-16(25-22(26-21)28-23)6-9-18(19)20(29)30;10-7-9(3-4-9)8-11-5-1-2-6-11/h6-11,16H,2-5,12-15,17-21H2,1H3,(H,34,40)(H2,33,35,36,37,38);4-10H,2-3,11-13H2,1H3,(H2,25,26,27,28,29);4-10H,2-3,11-13H2,1H3,(H,29,30)(H2,24,25,26,27,28);1-8,10H2. The number of nitrogens with two attached hydrogens (primary N) is 1. The molecule has 6 aromatic carbocycles. The number of aromatic carboxylic acids is 1. The van der Waals surface area contributed by atoms with Gasteiger partial charge in [0.2, 0.25) is 35.7 Å². The van der Waals surface area contributed by atoms with Crippen LogP contribution in [-0.2, 0) is 19.6 Å². The van der Waals surface area contributed by atoms with Crippen LogP contribution in [0.2, 0.25) is 0 Å². The van der Waals surface area contributed by atoms with Gasteiger partial charge in [-0.25, -0.2) is 4.79 Å². The maximum absolute atomic E-state index is 13.5. The normalized spacial score (nSPS) is 16.5. The fourth-order valence-corrected chi connectivity index (χ4v) is 13.5. The molecule has 33 heteroatoms. The number of nitrogens with zero attached hydrogens (tertiary/aromatic N) is 11. The quantitative estimate of drug-likeness (QED) is 0.0320. The van der Waals surface area contributed by atoms with E-state index in [2.05, 4.69) is 112 Å². The van der Waals surface area contributed by atoms with Crippen molar-refractivity contribution < 1.29 is 62.1 Å². The Balaban J connectivity index is 0.000000147. The van der Waals surface area contributed by atoms with Crippen LogP contribution in [-0.4, -0.2) is 189 Å². The van der Waals surface area contributed by atoms with Crippen LogP contribution < -0.4 is 85.6 Å². The average molecular weight is 1660 g/mol. The molecule has 0 unspecified atom stereocenters. The van der Waals surface area contributed by atoms with Gasteiger partial charge in [0, 0.05) is 79.9 Å². The number of hydrogen-bond donors (Lipinski definition) is 9. The molecular formula is C87H102ClN19O13. The third-order valence-electron chi connectivity index (χ3n) is 20.3. The third-order valence-corrected chi connectivity index (χ3v) is 20.5. The lowest BCUT2D eigenvalue weighted by Crippen LogP contribution is -2.37. The van der Waals surface area contributed by atoms with Crippen LogP contribution >= 0.6 is 11.6 Å². The van der Waals surface area contributed by atoms with Crippen LogP contribution in [0.4, 0.5) is 52.8 Å². The van der Waals surface area contributed by atoms with E-state index in [1.54, 1.807) is 42.5 Å². The van der Waals surface area contributed by atoms with Crippen molar-refractivity contribution in [3.63, 3.8) is 0 Å². The Hall–Kier alpha value is -12.7. The molecule has 2 saturated heterocycles. The molecule has 11 heterocycles. The van der Waals surface area contributed by atoms with Crippen molar-refractivity contribution in [2.24, 2.45) is 16.6 Å². The number of carbonyl (C=O) groups is 3. The lowest BCUT2D eigenvalue weighted by atomic mass is 10.1. The number of carbonyl (C=O) groups excluding carboxylic acids is 2. The number of likely N-dealkylation sites (tertiary alicyclic amines) is 2. The Kier molecular flexibility index (Phi) is 29.2. The van der Waals surface area contributed by atoms with Gasteiger partial charge in [-0.15, -0.1) is 0 Å². The summed E-state index contributed by atoms with van der Waals surface area (Å²) in [5, 5.41) is 31.0. The average Bonchev–Trinajstić information content (AvgIpc) is 1.64. The fourth-order valence-electron chi connectivity index (χ4n) is 13.4. The molecule has 3 aromatic heterocycles. The van der Waals surface area contributed by atoms with Gasteiger partial charge in [-0.05, 0) is 228 Å². The van der Waals surface area contributed by atoms with Crippen LogP contribution in [0.5, 0.6) is 52.5 Å². The molecule has 19 rings (SSSR count). The third kappa shape index (κ3) is 25.2. The van der Waals surface area contributed by atoms with Gasteiger partial charge in [0.25, 0.3) is 11.1 Å². The molecule has 9 aromatic rings. The lowest BCUT2D eigenvalue weighted by Gasteiger charge is -2.23. The van der Waals surface area contributed by atoms with Crippen molar-refractivity contribution in [2.75, 3.05) is 144 Å². The minimum absolute atomic E-state index is 0.0206. The van der Waals surface area contributed by atoms with E-state index < -0.39 is 11.2 Å². The number of carboxylic acids is 1. The predicted molar refractivity (Wildman–Crippen MR) is 457 cm³/mol. The fraction of sp³-hybridized carbons (Fsp3) is 0.379. The van der Waals surface area contributed by atoms with E-state index in [0.29, 0.717) is 139 Å². The molecular weight excluding hydrogens is 1550 g/mol. The molecule has 2 aliphatic carbocycles. The van der Waals surface area contributed by atoms with Gasteiger partial charge in [0.05, 0.1) is 30.9 Å². The molecule has 630 valence electrons. The van der Waals surface area contributed by atoms with Crippen molar-refractivity contribution in [1.29, 1.82) is 0 Å². The van der Waals surface area contributed by atoms with E-state index in [0.717, 1.165) is 67.0 Å². The van der Waals surface area contributed by atoms with E-state index in [4.69, 9.17) is 60.0 Å². The second kappa shape index (κ2) is 41.2. The first kappa shape index (κ1) is 85.2. The molecule has 0 spiro atoms. The second-order valence-electron chi connectivity index (χ2n) is 30.0. The molecule has 120 heavy (non-hydrogen) atoms. The summed E-state index contributed by atoms with van der Waals surface area (Å²) >= 11 is 5.73. The summed E-state index contributed by atoms with van der Waals surface area (Å²) in [6.07, 6.45) is 10.4. The van der Waals surface area contributed by atoms with E-state index in [1.807, 2.05) is 99.6 Å². The molecule has 0 atom stereocenters. The van der Waals surface area contributed by atoms with Crippen LogP contribution in [0.15, 0.2) is 164 Å². The van der Waals surface area contributed by atoms with E-state index in [-0.39, 0.29) is 91.2 Å². The Labute approximate surface area is 701 Å². The molecule has 10 N–H and O–H groups in total. The maximum atomic E-state index is 13.5. The number of anilines is 9. The summed E-state index contributed by atoms with van der Waals surface area (Å²) in [7, 11) is 0. The molecule has 4 fully saturated rings. The first-order valence-corrected chi connectivity index (χ1v) is 40.7. The Morgan fingerprint density at radius 3 is 1.12 bits per heavy atom. The monoisotopic (exact) mass is 1660 g/mol. The summed E-state index contributed by atoms with van der Waals surface area (Å²) in [6.45, 7) is 30.4. The van der Waals surface area contributed by atoms with E-state index in [9.17, 15) is 19.5 Å². The molecule has 18 bridgehead atoms. The number of fused-ring (bicyclic) bond motifs is 21. The van der Waals surface area contributed by atoms with Gasteiger partial charge in [0.15, 0.2) is 0 Å². The zero-order valence-electron chi connectivity index (χ0n) is 67.8. The van der Waals surface area contributed by atoms with Crippen molar-refractivity contribution in [3.8, 4) is 52.5 Å². The molecule has 0 radical (unpaired) electrons. The molecule has 1 amide bonds. The first-order valence-electron chi connectivity index (χ1n) is 40.3. The Morgan fingerprint density at radius 1 is 0.450 bits per heavy atom. The number of ether oxygens (including phenoxy) is 9. The van der Waals surface area contributed by atoms with Gasteiger partial charge in [-0.3, -0.25) is 9.59 Å². The van der Waals surface area contributed by atoms with E-state index in [1.165, 1.54) is 64.2 Å². The van der Waals surface area contributed by atoms with Gasteiger partial charge in [-0.2, -0.15) is 44.9 Å². The largest absolute Gasteiger partial charge is 0.489 e. The SMILES string of the molecule is C=C1COc2ccc(cc2)CNc2nc(nc(OCC)n2)Nc2ccc(C(=O)Cl)c(c2)OC1.C=C1COc2ccc(cc2)CNc2nc(nc(OCC)n2)Nc2ccc(C(=O)NCC3(CN4CCCC4)CC3)c(c2)OC1.C=C1COc2ccc(cc2)CNc2nc(nc(OCC)n2)Nc2ccc(C(=O)O)c(c2)OC1.NCC1(CN2CCCC2)CC1. The Morgan fingerprint density at radius 2 is 0.775 bits per heavy atom. The maximum Gasteiger partial charge on any atom is 0.339 e. The molecule has 10 aliphatic rings. The molecule has 32 nitrogen and oxygen atoms in total. The van der Waals surface area contributed by atoms with E-state index >= 15 is 0 Å². The summed E-state index contributed by atoms with van der Waals surface area (Å²) < 4.78 is 51.7. The van der Waals surface area contributed by atoms with Crippen LogP contribution in [0.3, 0.4) is 0 Å². The highest BCUT2D eigenvalue weighted by atomic mass is 35.5. The van der Waals surface area contributed by atoms with Crippen molar-refractivity contribution in [1.82, 2.24) is 60.0 Å². The summed E-state index contributed by atoms with van der Waals surface area (Å²) in [6, 6.07) is 38.3. The zero-order valence-corrected chi connectivity index (χ0v) is 68.5. The summed E-state index contributed by atoms with van der Waals surface area (Å²) in [5.41, 5.74) is 14.1. The smallest absolute Gasteiger partial charge is 0.339 e. The van der Waals surface area contributed by atoms with Crippen molar-refractivity contribution in [2.45, 2.75) is 91.8 Å². The minimum atomic E-state index is -1.11. The number of aromatic nitrogens is 9. The lowest BCUT2D eigenvalue weighted by molar-refractivity contribution is 0.0692. The number of hydrogen-bond acceptors (Lipinski definition) is 30. The Bertz CT molecular complexity index is 4860. The van der Waals surface area contributed by atoms with Crippen LogP contribution in [0.1, 0.15) is 120 Å². The van der Waals surface area contributed by atoms with Gasteiger partial charge >= 0.3 is 24.0 Å². The van der Waals surface area contributed by atoms with Gasteiger partial charge in [0.1, 0.15) is 79.7 Å². The van der Waals surface area contributed by atoms with Gasteiger partial charge in [-0.1, -0.05) is 56.1 Å². The minimum Gasteiger partial charge on any atom is -0.489 e. The first-order chi connectivity index (χ1) is 58.3. The molecule has 8 aliphatic heterocycles. The number of benzene rings is 6. The summed E-state index contributed by atoms with van der Waals surface area (Å²) in [5.74, 6) is 3.58. The van der Waals surface area contributed by atoms with Crippen LogP contribution in [0.25, 0.3) is 0 Å². The predicted octanol–water partition coefficient (Wildman–Crippen LogP) is 13.4.